The van der Waals surface area contributed by atoms with Gasteiger partial charge in [-0.1, -0.05) is 12.1 Å². The largest absolute Gasteiger partial charge is 0.464 e. The molecule has 0 amide bonds. The van der Waals surface area contributed by atoms with Crippen molar-refractivity contribution in [3.8, 4) is 33.9 Å². The first-order chi connectivity index (χ1) is 32.9. The molecule has 0 bridgehead atoms. The molecule has 0 aliphatic carbocycles. The summed E-state index contributed by atoms with van der Waals surface area (Å²) in [6.45, 7) is 9.49. The summed E-state index contributed by atoms with van der Waals surface area (Å²) in [5.41, 5.74) is 13.8. The van der Waals surface area contributed by atoms with Gasteiger partial charge in [-0.05, 0) is 172 Å². The highest BCUT2D eigenvalue weighted by Crippen LogP contribution is 2.37. The van der Waals surface area contributed by atoms with Crippen LogP contribution >= 0.6 is 0 Å². The molecule has 4 aromatic carbocycles. The van der Waals surface area contributed by atoms with Crippen molar-refractivity contribution in [1.82, 2.24) is 38.2 Å². The van der Waals surface area contributed by atoms with Crippen LogP contribution < -0.4 is 0 Å². The highest BCUT2D eigenvalue weighted by Gasteiger charge is 2.30. The number of allylic oxidation sites excluding steroid dienone is 2. The maximum Gasteiger partial charge on any atom is 0.358 e. The van der Waals surface area contributed by atoms with Crippen LogP contribution in [0.25, 0.3) is 57.2 Å². The van der Waals surface area contributed by atoms with E-state index in [4.69, 9.17) is 19.4 Å². The van der Waals surface area contributed by atoms with E-state index < -0.39 is 11.9 Å². The van der Waals surface area contributed by atoms with Gasteiger partial charge in [0.1, 0.15) is 29.0 Å². The molecule has 0 atom stereocenters. The van der Waals surface area contributed by atoms with Crippen LogP contribution in [0, 0.1) is 39.3 Å². The van der Waals surface area contributed by atoms with Crippen LogP contribution in [0.1, 0.15) is 92.0 Å². The number of hydrogen-bond acceptors (Lipinski definition) is 8. The smallest absolute Gasteiger partial charge is 0.358 e. The third-order valence-corrected chi connectivity index (χ3v) is 12.3. The minimum absolute atomic E-state index is 0.249. The molecule has 0 N–H and O–H groups in total. The van der Waals surface area contributed by atoms with Crippen molar-refractivity contribution in [3.05, 3.63) is 178 Å². The van der Waals surface area contributed by atoms with Crippen LogP contribution in [0.5, 0.6) is 0 Å². The molecule has 2 aliphatic heterocycles. The molecule has 0 spiro atoms. The standard InChI is InChI=1S/2C27H25FN4O2/c1-17-13-19(6-11-23(17)31-15-18(2)29-16-31)14-21-5-4-12-32-25(20-7-9-22(28)10-8-20)24(27(33)34-3)30-26(21)32;1-17-13-19(6-11-23(17)31-15-18(2)29-16-31)14-21-5-4-12-32-25(27(33)34-3)24(30-26(21)32)20-7-9-22(28)10-8-20/h2*6-11,13-16H,4-5,12H2,1-3H3/b2*21-14+. The minimum Gasteiger partial charge on any atom is -0.464 e. The average Bonchev–Trinajstić information content (AvgIpc) is 4.15. The molecule has 10 rings (SSSR count). The lowest BCUT2D eigenvalue weighted by atomic mass is 10.0. The molecule has 344 valence electrons. The molecular weight excluding hydrogens is 863 g/mol. The Morgan fingerprint density at radius 2 is 1.09 bits per heavy atom. The number of aryl methyl sites for hydroxylation is 4. The zero-order chi connectivity index (χ0) is 47.6. The highest BCUT2D eigenvalue weighted by atomic mass is 19.1. The number of aromatic nitrogens is 8. The van der Waals surface area contributed by atoms with Crippen molar-refractivity contribution in [1.29, 1.82) is 0 Å². The second-order valence-corrected chi connectivity index (χ2v) is 17.0. The minimum atomic E-state index is -0.503. The molecule has 0 unspecified atom stereocenters. The molecule has 0 saturated heterocycles. The number of nitrogens with zero attached hydrogens (tertiary/aromatic N) is 8. The van der Waals surface area contributed by atoms with Gasteiger partial charge in [0.2, 0.25) is 0 Å². The van der Waals surface area contributed by atoms with Crippen LogP contribution in [0.2, 0.25) is 0 Å². The number of fused-ring (bicyclic) bond motifs is 2. The summed E-state index contributed by atoms with van der Waals surface area (Å²) in [4.78, 5) is 43.5. The van der Waals surface area contributed by atoms with Gasteiger partial charge in [0, 0.05) is 48.0 Å². The van der Waals surface area contributed by atoms with Crippen LogP contribution in [0.3, 0.4) is 0 Å². The molecule has 14 heteroatoms. The number of rotatable bonds is 8. The summed E-state index contributed by atoms with van der Waals surface area (Å²) in [6.07, 6.45) is 15.4. The van der Waals surface area contributed by atoms with Gasteiger partial charge >= 0.3 is 11.9 Å². The van der Waals surface area contributed by atoms with E-state index in [0.29, 0.717) is 29.2 Å². The number of halogens is 2. The predicted molar refractivity (Wildman–Crippen MR) is 258 cm³/mol. The molecule has 4 aromatic heterocycles. The Kier molecular flexibility index (Phi) is 12.7. The van der Waals surface area contributed by atoms with E-state index in [1.54, 1.807) is 24.3 Å². The summed E-state index contributed by atoms with van der Waals surface area (Å²) in [5.74, 6) is -0.118. The van der Waals surface area contributed by atoms with Gasteiger partial charge in [0.25, 0.3) is 0 Å². The molecule has 68 heavy (non-hydrogen) atoms. The van der Waals surface area contributed by atoms with Crippen molar-refractivity contribution in [2.75, 3.05) is 14.2 Å². The normalized spacial score (nSPS) is 14.3. The molecule has 12 nitrogen and oxygen atoms in total. The number of imidazole rings is 4. The Bertz CT molecular complexity index is 3160. The van der Waals surface area contributed by atoms with Crippen molar-refractivity contribution in [3.63, 3.8) is 0 Å². The monoisotopic (exact) mass is 912 g/mol. The molecular formula is C54H50F2N8O4. The van der Waals surface area contributed by atoms with Crippen LogP contribution in [0.4, 0.5) is 8.78 Å². The lowest BCUT2D eigenvalue weighted by Gasteiger charge is -2.19. The summed E-state index contributed by atoms with van der Waals surface area (Å²) >= 11 is 0. The topological polar surface area (TPSA) is 124 Å². The fourth-order valence-electron chi connectivity index (χ4n) is 9.06. The molecule has 8 aromatic rings. The van der Waals surface area contributed by atoms with Crippen molar-refractivity contribution < 1.29 is 27.8 Å². The zero-order valence-electron chi connectivity index (χ0n) is 38.8. The van der Waals surface area contributed by atoms with Gasteiger partial charge in [0.05, 0.1) is 44.0 Å². The first kappa shape index (κ1) is 45.2. The maximum absolute atomic E-state index is 13.5. The fraction of sp³-hybridized carbons (Fsp3) is 0.222. The number of methoxy groups -OCH3 is 2. The molecule has 0 saturated carbocycles. The van der Waals surface area contributed by atoms with E-state index in [1.807, 2.05) is 57.2 Å². The summed E-state index contributed by atoms with van der Waals surface area (Å²) < 4.78 is 45.1. The van der Waals surface area contributed by atoms with Gasteiger partial charge in [-0.2, -0.15) is 0 Å². The number of carbonyl (C=O) groups excluding carboxylic acids is 2. The van der Waals surface area contributed by atoms with Gasteiger partial charge in [-0.15, -0.1) is 0 Å². The first-order valence-electron chi connectivity index (χ1n) is 22.4. The zero-order valence-corrected chi connectivity index (χ0v) is 38.8. The van der Waals surface area contributed by atoms with E-state index in [9.17, 15) is 18.4 Å². The Hall–Kier alpha value is -8.00. The van der Waals surface area contributed by atoms with Gasteiger partial charge in [-0.25, -0.2) is 38.3 Å². The second-order valence-electron chi connectivity index (χ2n) is 17.0. The Morgan fingerprint density at radius 1 is 0.603 bits per heavy atom. The predicted octanol–water partition coefficient (Wildman–Crippen LogP) is 11.2. The van der Waals surface area contributed by atoms with Gasteiger partial charge in [0.15, 0.2) is 11.4 Å². The van der Waals surface area contributed by atoms with Crippen molar-refractivity contribution >= 4 is 35.2 Å². The Balaban J connectivity index is 0.000000170. The number of esters is 2. The first-order valence-corrected chi connectivity index (χ1v) is 22.4. The number of hydrogen-bond donors (Lipinski definition) is 0. The second kappa shape index (κ2) is 19.1. The molecule has 2 aliphatic rings. The Labute approximate surface area is 392 Å². The van der Waals surface area contributed by atoms with E-state index in [-0.39, 0.29) is 17.3 Å². The van der Waals surface area contributed by atoms with E-state index in [2.05, 4.69) is 72.4 Å². The van der Waals surface area contributed by atoms with Crippen LogP contribution in [-0.2, 0) is 22.6 Å². The summed E-state index contributed by atoms with van der Waals surface area (Å²) in [5, 5.41) is 0. The van der Waals surface area contributed by atoms with E-state index in [0.717, 1.165) is 106 Å². The van der Waals surface area contributed by atoms with Gasteiger partial charge < -0.3 is 27.7 Å². The quantitative estimate of drug-likeness (QED) is 0.138. The number of ether oxygens (including phenoxy) is 2. The third kappa shape index (κ3) is 9.09. The third-order valence-electron chi connectivity index (χ3n) is 12.3. The summed E-state index contributed by atoms with van der Waals surface area (Å²) in [6, 6.07) is 24.8. The maximum atomic E-state index is 13.5. The van der Waals surface area contributed by atoms with Crippen molar-refractivity contribution in [2.24, 2.45) is 0 Å². The number of benzene rings is 4. The van der Waals surface area contributed by atoms with Crippen molar-refractivity contribution in [2.45, 2.75) is 66.5 Å². The fourth-order valence-corrected chi connectivity index (χ4v) is 9.06. The van der Waals surface area contributed by atoms with Crippen LogP contribution in [0.15, 0.2) is 110 Å². The molecule has 0 radical (unpaired) electrons. The Morgan fingerprint density at radius 3 is 1.56 bits per heavy atom. The SMILES string of the molecule is COC(=O)c1c(-c2ccc(F)cc2)nc2n1CCC/C2=C\c1ccc(-n2cnc(C)c2)c(C)c1.COC(=O)c1nc2n(c1-c1ccc(F)cc1)CCC/C2=C\c1ccc(-n2cnc(C)c2)c(C)c1. The number of carbonyl (C=O) groups is 2. The average molecular weight is 913 g/mol. The van der Waals surface area contributed by atoms with E-state index >= 15 is 0 Å². The van der Waals surface area contributed by atoms with E-state index in [1.165, 1.54) is 38.5 Å². The lowest BCUT2D eigenvalue weighted by Crippen LogP contribution is -2.16. The summed E-state index contributed by atoms with van der Waals surface area (Å²) in [7, 11) is 2.71. The van der Waals surface area contributed by atoms with Gasteiger partial charge in [-0.3, -0.25) is 0 Å². The van der Waals surface area contributed by atoms with Crippen LogP contribution in [-0.4, -0.2) is 64.4 Å². The molecule has 6 heterocycles. The highest BCUT2D eigenvalue weighted by molar-refractivity contribution is 5.97. The molecule has 0 fully saturated rings. The lowest BCUT2D eigenvalue weighted by molar-refractivity contribution is 0.0582.